The molecule has 2 heterocycles. The number of nitrogens with zero attached hydrogens (tertiary/aromatic N) is 3. The summed E-state index contributed by atoms with van der Waals surface area (Å²) in [6.45, 7) is 4.02. The number of ether oxygens (including phenoxy) is 3. The van der Waals surface area contributed by atoms with Crippen molar-refractivity contribution in [2.45, 2.75) is 38.4 Å². The van der Waals surface area contributed by atoms with Gasteiger partial charge in [-0.25, -0.2) is 9.97 Å². The van der Waals surface area contributed by atoms with Crippen LogP contribution in [0.4, 0.5) is 0 Å². The van der Waals surface area contributed by atoms with E-state index in [0.717, 1.165) is 12.2 Å². The van der Waals surface area contributed by atoms with Gasteiger partial charge in [0.1, 0.15) is 17.6 Å². The Hall–Kier alpha value is -2.87. The van der Waals surface area contributed by atoms with E-state index in [1.165, 1.54) is 19.5 Å². The minimum atomic E-state index is -0.559. The summed E-state index contributed by atoms with van der Waals surface area (Å²) in [7, 11) is 1.49. The molecule has 2 fully saturated rings. The van der Waals surface area contributed by atoms with Gasteiger partial charge in [-0.15, -0.1) is 0 Å². The number of aliphatic hydroxyl groups excluding tert-OH is 1. The van der Waals surface area contributed by atoms with Crippen LogP contribution in [0.5, 0.6) is 17.5 Å². The highest BCUT2D eigenvalue weighted by molar-refractivity contribution is 5.93. The fourth-order valence-corrected chi connectivity index (χ4v) is 4.41. The quantitative estimate of drug-likeness (QED) is 0.726. The molecule has 0 unspecified atom stereocenters. The van der Waals surface area contributed by atoms with Crippen LogP contribution in [0.15, 0.2) is 36.7 Å². The highest BCUT2D eigenvalue weighted by atomic mass is 16.5. The van der Waals surface area contributed by atoms with Crippen LogP contribution in [-0.2, 0) is 0 Å². The predicted molar refractivity (Wildman–Crippen MR) is 113 cm³/mol. The van der Waals surface area contributed by atoms with E-state index in [4.69, 9.17) is 14.2 Å². The summed E-state index contributed by atoms with van der Waals surface area (Å²) in [6.07, 6.45) is 4.42. The molecule has 1 saturated heterocycles. The zero-order chi connectivity index (χ0) is 21.8. The molecule has 1 N–H and O–H groups in total. The summed E-state index contributed by atoms with van der Waals surface area (Å²) in [6, 6.07) is 7.75. The topological polar surface area (TPSA) is 94.0 Å². The Balaban J connectivity index is 1.35. The number of hydrogen-bond acceptors (Lipinski definition) is 7. The average molecular weight is 428 g/mol. The van der Waals surface area contributed by atoms with Gasteiger partial charge in [0.05, 0.1) is 25.4 Å². The summed E-state index contributed by atoms with van der Waals surface area (Å²) >= 11 is 0. The van der Waals surface area contributed by atoms with Crippen molar-refractivity contribution in [2.24, 2.45) is 11.8 Å². The molecule has 0 radical (unpaired) electrons. The molecular weight excluding hydrogens is 398 g/mol. The van der Waals surface area contributed by atoms with Gasteiger partial charge in [-0.05, 0) is 55.4 Å². The first-order valence-electron chi connectivity index (χ1n) is 10.8. The molecule has 4 atom stereocenters. The number of rotatable bonds is 7. The van der Waals surface area contributed by atoms with Crippen LogP contribution in [0.1, 0.15) is 36.5 Å². The second kappa shape index (κ2) is 9.51. The van der Waals surface area contributed by atoms with E-state index in [1.54, 1.807) is 0 Å². The highest BCUT2D eigenvalue weighted by Gasteiger charge is 2.44. The summed E-state index contributed by atoms with van der Waals surface area (Å²) in [5.41, 5.74) is 0.443. The van der Waals surface area contributed by atoms with Crippen molar-refractivity contribution >= 4 is 5.91 Å². The molecule has 1 amide bonds. The molecule has 31 heavy (non-hydrogen) atoms. The summed E-state index contributed by atoms with van der Waals surface area (Å²) in [5.74, 6) is 2.00. The summed E-state index contributed by atoms with van der Waals surface area (Å²) in [4.78, 5) is 22.7. The van der Waals surface area contributed by atoms with Gasteiger partial charge in [0.2, 0.25) is 0 Å². The largest absolute Gasteiger partial charge is 0.494 e. The molecule has 1 saturated carbocycles. The molecule has 1 aromatic heterocycles. The number of benzene rings is 1. The molecule has 1 aliphatic heterocycles. The van der Waals surface area contributed by atoms with Crippen LogP contribution < -0.4 is 14.2 Å². The van der Waals surface area contributed by atoms with Crippen molar-refractivity contribution in [1.82, 2.24) is 14.9 Å². The number of methoxy groups -OCH3 is 1. The van der Waals surface area contributed by atoms with E-state index in [-0.39, 0.29) is 23.9 Å². The second-order valence-electron chi connectivity index (χ2n) is 8.20. The van der Waals surface area contributed by atoms with E-state index in [9.17, 15) is 9.90 Å². The molecule has 0 spiro atoms. The number of aromatic nitrogens is 2. The van der Waals surface area contributed by atoms with Crippen LogP contribution in [0.25, 0.3) is 0 Å². The molecule has 0 bridgehead atoms. The van der Waals surface area contributed by atoms with Gasteiger partial charge < -0.3 is 24.2 Å². The summed E-state index contributed by atoms with van der Waals surface area (Å²) in [5, 5.41) is 10.7. The normalized spacial score (nSPS) is 25.1. The van der Waals surface area contributed by atoms with Crippen molar-refractivity contribution in [3.8, 4) is 17.5 Å². The molecule has 1 aliphatic carbocycles. The number of hydrogen-bond donors (Lipinski definition) is 1. The fraction of sp³-hybridized carbons (Fsp3) is 0.522. The van der Waals surface area contributed by atoms with Crippen molar-refractivity contribution in [3.05, 3.63) is 42.2 Å². The first kappa shape index (κ1) is 21.4. The fourth-order valence-electron chi connectivity index (χ4n) is 4.41. The van der Waals surface area contributed by atoms with Crippen molar-refractivity contribution in [3.63, 3.8) is 0 Å². The van der Waals surface area contributed by atoms with Crippen LogP contribution in [0, 0.1) is 11.8 Å². The Kier molecular flexibility index (Phi) is 6.56. The monoisotopic (exact) mass is 427 g/mol. The third-order valence-electron chi connectivity index (χ3n) is 6.01. The van der Waals surface area contributed by atoms with Crippen molar-refractivity contribution in [2.75, 3.05) is 26.8 Å². The lowest BCUT2D eigenvalue weighted by atomic mass is 9.78. The van der Waals surface area contributed by atoms with Crippen LogP contribution in [-0.4, -0.2) is 64.9 Å². The Bertz CT molecular complexity index is 874. The Labute approximate surface area is 182 Å². The minimum Gasteiger partial charge on any atom is -0.494 e. The summed E-state index contributed by atoms with van der Waals surface area (Å²) < 4.78 is 16.7. The predicted octanol–water partition coefficient (Wildman–Crippen LogP) is 2.56. The van der Waals surface area contributed by atoms with Crippen molar-refractivity contribution in [1.29, 1.82) is 0 Å². The Morgan fingerprint density at radius 2 is 1.74 bits per heavy atom. The van der Waals surface area contributed by atoms with E-state index in [1.807, 2.05) is 29.2 Å². The number of aliphatic hydroxyl groups is 1. The number of carbonyl (C=O) groups excluding carboxylic acids is 1. The molecular formula is C23H29N3O5. The van der Waals surface area contributed by atoms with Crippen molar-refractivity contribution < 1.29 is 24.1 Å². The van der Waals surface area contributed by atoms with E-state index >= 15 is 0 Å². The third kappa shape index (κ3) is 4.90. The number of fused-ring (bicyclic) bond motifs is 1. The lowest BCUT2D eigenvalue weighted by Crippen LogP contribution is -2.42. The molecule has 166 valence electrons. The standard InChI is InChI=1S/C23H29N3O5/c1-3-8-30-18-4-6-19(7-5-18)31-21-10-16-14-26(13-15(16)9-20(21)27)22(28)17-11-24-23(29-2)25-12-17/h4-7,11-12,15-16,20-21,27H,3,8-10,13-14H2,1-2H3/t15-,16+,20+,21+/m0/s1. The molecule has 2 aromatic rings. The molecule has 8 heteroatoms. The van der Waals surface area contributed by atoms with Gasteiger partial charge in [0.15, 0.2) is 0 Å². The number of carbonyl (C=O) groups is 1. The zero-order valence-electron chi connectivity index (χ0n) is 17.9. The van der Waals surface area contributed by atoms with Crippen LogP contribution in [0.3, 0.4) is 0 Å². The Morgan fingerprint density at radius 3 is 2.39 bits per heavy atom. The van der Waals surface area contributed by atoms with E-state index in [2.05, 4.69) is 16.9 Å². The number of likely N-dealkylation sites (tertiary alicyclic amines) is 1. The van der Waals surface area contributed by atoms with Crippen LogP contribution >= 0.6 is 0 Å². The maximum absolute atomic E-state index is 12.9. The van der Waals surface area contributed by atoms with E-state index in [0.29, 0.717) is 49.8 Å². The van der Waals surface area contributed by atoms with E-state index < -0.39 is 6.10 Å². The second-order valence-corrected chi connectivity index (χ2v) is 8.20. The maximum Gasteiger partial charge on any atom is 0.316 e. The SMILES string of the molecule is CCCOc1ccc(O[C@@H]2C[C@@H]3CN(C(=O)c4cnc(OC)nc4)C[C@@H]3C[C@H]2O)cc1. The van der Waals surface area contributed by atoms with Gasteiger partial charge in [-0.3, -0.25) is 4.79 Å². The number of amides is 1. The maximum atomic E-state index is 12.9. The lowest BCUT2D eigenvalue weighted by molar-refractivity contribution is -0.0231. The minimum absolute atomic E-state index is 0.0910. The van der Waals surface area contributed by atoms with Gasteiger partial charge in [-0.1, -0.05) is 6.92 Å². The first-order chi connectivity index (χ1) is 15.1. The van der Waals surface area contributed by atoms with Crippen LogP contribution in [0.2, 0.25) is 0 Å². The first-order valence-corrected chi connectivity index (χ1v) is 10.8. The van der Waals surface area contributed by atoms with Gasteiger partial charge in [-0.2, -0.15) is 0 Å². The van der Waals surface area contributed by atoms with Gasteiger partial charge >= 0.3 is 6.01 Å². The molecule has 2 aliphatic rings. The van der Waals surface area contributed by atoms with Gasteiger partial charge in [0, 0.05) is 25.5 Å². The third-order valence-corrected chi connectivity index (χ3v) is 6.01. The van der Waals surface area contributed by atoms with Gasteiger partial charge in [0.25, 0.3) is 5.91 Å². The molecule has 4 rings (SSSR count). The lowest BCUT2D eigenvalue weighted by Gasteiger charge is -2.35. The average Bonchev–Trinajstić information content (AvgIpc) is 3.21. The zero-order valence-corrected chi connectivity index (χ0v) is 17.9. The highest BCUT2D eigenvalue weighted by Crippen LogP contribution is 2.38. The molecule has 8 nitrogen and oxygen atoms in total. The smallest absolute Gasteiger partial charge is 0.316 e. The Morgan fingerprint density at radius 1 is 1.10 bits per heavy atom. The molecule has 1 aromatic carbocycles.